The van der Waals surface area contributed by atoms with E-state index in [9.17, 15) is 5.11 Å². The van der Waals surface area contributed by atoms with Crippen LogP contribution < -0.4 is 5.73 Å². The Balaban J connectivity index is 0. The monoisotopic (exact) mass is 313 g/mol. The molecule has 3 unspecified atom stereocenters. The van der Waals surface area contributed by atoms with Gasteiger partial charge in [0.05, 0.1) is 6.10 Å². The van der Waals surface area contributed by atoms with Gasteiger partial charge in [-0.25, -0.2) is 0 Å². The lowest BCUT2D eigenvalue weighted by Gasteiger charge is -2.17. The lowest BCUT2D eigenvalue weighted by atomic mass is 10.0. The SMILES string of the molecule is CCCCCCCCCC(Cl)CC(N)CC(C)O.Cl. The van der Waals surface area contributed by atoms with Gasteiger partial charge in [0.1, 0.15) is 0 Å². The van der Waals surface area contributed by atoms with Crippen LogP contribution in [0.3, 0.4) is 0 Å². The highest BCUT2D eigenvalue weighted by molar-refractivity contribution is 6.20. The third-order valence-corrected chi connectivity index (χ3v) is 3.72. The van der Waals surface area contributed by atoms with Crippen LogP contribution in [0.2, 0.25) is 0 Å². The first-order valence-corrected chi connectivity index (χ1v) is 8.07. The van der Waals surface area contributed by atoms with Gasteiger partial charge in [0.25, 0.3) is 0 Å². The molecule has 0 aromatic heterocycles. The van der Waals surface area contributed by atoms with Crippen molar-refractivity contribution in [2.75, 3.05) is 0 Å². The molecule has 0 aromatic carbocycles. The number of hydrogen-bond donors (Lipinski definition) is 2. The third kappa shape index (κ3) is 16.4. The standard InChI is InChI=1S/C15H32ClNO.ClH/c1-3-4-5-6-7-8-9-10-14(16)12-15(17)11-13(2)18;/h13-15,18H,3-12,17H2,1-2H3;1H. The van der Waals surface area contributed by atoms with Crippen molar-refractivity contribution in [1.29, 1.82) is 0 Å². The maximum atomic E-state index is 9.23. The summed E-state index contributed by atoms with van der Waals surface area (Å²) in [5, 5.41) is 9.40. The molecule has 0 rings (SSSR count). The zero-order chi connectivity index (χ0) is 13.8. The minimum Gasteiger partial charge on any atom is -0.393 e. The van der Waals surface area contributed by atoms with Crippen molar-refractivity contribution in [3.05, 3.63) is 0 Å². The molecule has 0 aliphatic heterocycles. The number of unbranched alkanes of at least 4 members (excludes halogenated alkanes) is 6. The molecule has 2 nitrogen and oxygen atoms in total. The van der Waals surface area contributed by atoms with Crippen LogP contribution in [0.15, 0.2) is 0 Å². The Bertz CT molecular complexity index is 180. The van der Waals surface area contributed by atoms with E-state index in [2.05, 4.69) is 6.92 Å². The zero-order valence-electron chi connectivity index (χ0n) is 12.6. The molecule has 3 atom stereocenters. The van der Waals surface area contributed by atoms with Crippen LogP contribution in [-0.4, -0.2) is 22.6 Å². The summed E-state index contributed by atoms with van der Waals surface area (Å²) in [6.45, 7) is 4.02. The second-order valence-corrected chi connectivity index (χ2v) is 6.20. The maximum absolute atomic E-state index is 9.23. The first-order valence-electron chi connectivity index (χ1n) is 7.64. The molecule has 118 valence electrons. The number of halogens is 2. The summed E-state index contributed by atoms with van der Waals surface area (Å²) < 4.78 is 0. The first-order chi connectivity index (χ1) is 8.56. The number of nitrogens with two attached hydrogens (primary N) is 1. The van der Waals surface area contributed by atoms with Crippen molar-refractivity contribution < 1.29 is 5.11 Å². The van der Waals surface area contributed by atoms with Crippen LogP contribution in [0.4, 0.5) is 0 Å². The van der Waals surface area contributed by atoms with Crippen molar-refractivity contribution in [2.45, 2.75) is 95.6 Å². The van der Waals surface area contributed by atoms with Crippen LogP contribution in [-0.2, 0) is 0 Å². The fourth-order valence-corrected chi connectivity index (χ4v) is 2.69. The molecule has 0 aliphatic carbocycles. The number of hydrogen-bond acceptors (Lipinski definition) is 2. The molecule has 4 heteroatoms. The van der Waals surface area contributed by atoms with Gasteiger partial charge in [0.2, 0.25) is 0 Å². The summed E-state index contributed by atoms with van der Waals surface area (Å²) in [5.74, 6) is 0. The number of aliphatic hydroxyl groups excluding tert-OH is 1. The van der Waals surface area contributed by atoms with E-state index in [1.54, 1.807) is 6.92 Å². The van der Waals surface area contributed by atoms with Gasteiger partial charge in [-0.05, 0) is 26.2 Å². The average Bonchev–Trinajstić information content (AvgIpc) is 2.26. The highest BCUT2D eigenvalue weighted by atomic mass is 35.5. The minimum atomic E-state index is -0.317. The highest BCUT2D eigenvalue weighted by Crippen LogP contribution is 2.17. The van der Waals surface area contributed by atoms with E-state index >= 15 is 0 Å². The van der Waals surface area contributed by atoms with Crippen LogP contribution in [0.25, 0.3) is 0 Å². The molecule has 0 heterocycles. The lowest BCUT2D eigenvalue weighted by molar-refractivity contribution is 0.172. The highest BCUT2D eigenvalue weighted by Gasteiger charge is 2.12. The lowest BCUT2D eigenvalue weighted by Crippen LogP contribution is -2.27. The van der Waals surface area contributed by atoms with E-state index in [1.807, 2.05) is 0 Å². The Morgan fingerprint density at radius 2 is 1.53 bits per heavy atom. The van der Waals surface area contributed by atoms with E-state index in [0.717, 1.165) is 12.8 Å². The van der Waals surface area contributed by atoms with Gasteiger partial charge < -0.3 is 10.8 Å². The summed E-state index contributed by atoms with van der Waals surface area (Å²) in [7, 11) is 0. The van der Waals surface area contributed by atoms with Gasteiger partial charge in [-0.1, -0.05) is 51.9 Å². The summed E-state index contributed by atoms with van der Waals surface area (Å²) in [6.07, 6.45) is 11.5. The summed E-state index contributed by atoms with van der Waals surface area (Å²) in [4.78, 5) is 0. The Morgan fingerprint density at radius 1 is 1.00 bits per heavy atom. The van der Waals surface area contributed by atoms with E-state index < -0.39 is 0 Å². The molecule has 0 amide bonds. The van der Waals surface area contributed by atoms with Crippen molar-refractivity contribution in [3.63, 3.8) is 0 Å². The van der Waals surface area contributed by atoms with Crippen LogP contribution >= 0.6 is 24.0 Å². The minimum absolute atomic E-state index is 0. The fraction of sp³-hybridized carbons (Fsp3) is 1.00. The van der Waals surface area contributed by atoms with Gasteiger partial charge in [-0.3, -0.25) is 0 Å². The summed E-state index contributed by atoms with van der Waals surface area (Å²) in [6, 6.07) is 0.0389. The molecule has 0 saturated heterocycles. The smallest absolute Gasteiger partial charge is 0.0526 e. The van der Waals surface area contributed by atoms with Crippen molar-refractivity contribution in [1.82, 2.24) is 0 Å². The molecule has 0 bridgehead atoms. The van der Waals surface area contributed by atoms with Crippen molar-refractivity contribution >= 4 is 24.0 Å². The molecule has 0 radical (unpaired) electrons. The molecule has 0 aliphatic rings. The second kappa shape index (κ2) is 14.9. The summed E-state index contributed by atoms with van der Waals surface area (Å²) >= 11 is 6.26. The zero-order valence-corrected chi connectivity index (χ0v) is 14.2. The molecule has 0 saturated carbocycles. The topological polar surface area (TPSA) is 46.2 Å². The van der Waals surface area contributed by atoms with E-state index in [1.165, 1.54) is 44.9 Å². The number of alkyl halides is 1. The van der Waals surface area contributed by atoms with Crippen LogP contribution in [0, 0.1) is 0 Å². The van der Waals surface area contributed by atoms with E-state index in [0.29, 0.717) is 6.42 Å². The second-order valence-electron chi connectivity index (χ2n) is 5.59. The Labute approximate surface area is 130 Å². The van der Waals surface area contributed by atoms with Gasteiger partial charge in [0.15, 0.2) is 0 Å². The Kier molecular flexibility index (Phi) is 17.1. The largest absolute Gasteiger partial charge is 0.393 e. The first kappa shape index (κ1) is 21.8. The molecule has 19 heavy (non-hydrogen) atoms. The van der Waals surface area contributed by atoms with Gasteiger partial charge in [-0.2, -0.15) is 0 Å². The molecule has 3 N–H and O–H groups in total. The molecular weight excluding hydrogens is 281 g/mol. The van der Waals surface area contributed by atoms with Crippen molar-refractivity contribution in [3.8, 4) is 0 Å². The van der Waals surface area contributed by atoms with Gasteiger partial charge in [-0.15, -0.1) is 24.0 Å². The predicted octanol–water partition coefficient (Wildman–Crippen LogP) is 4.64. The molecule has 0 spiro atoms. The fourth-order valence-electron chi connectivity index (χ4n) is 2.30. The Hall–Kier alpha value is 0.500. The summed E-state index contributed by atoms with van der Waals surface area (Å²) in [5.41, 5.74) is 5.92. The van der Waals surface area contributed by atoms with E-state index in [-0.39, 0.29) is 29.9 Å². The third-order valence-electron chi connectivity index (χ3n) is 3.32. The van der Waals surface area contributed by atoms with Crippen LogP contribution in [0.1, 0.15) is 78.1 Å². The Morgan fingerprint density at radius 3 is 2.05 bits per heavy atom. The number of rotatable bonds is 12. The van der Waals surface area contributed by atoms with Crippen molar-refractivity contribution in [2.24, 2.45) is 5.73 Å². The molecule has 0 fully saturated rings. The quantitative estimate of drug-likeness (QED) is 0.407. The molecular formula is C15H33Cl2NO. The molecule has 0 aromatic rings. The maximum Gasteiger partial charge on any atom is 0.0526 e. The average molecular weight is 314 g/mol. The number of aliphatic hydroxyl groups is 1. The van der Waals surface area contributed by atoms with Gasteiger partial charge in [0, 0.05) is 11.4 Å². The van der Waals surface area contributed by atoms with E-state index in [4.69, 9.17) is 17.3 Å². The normalized spacial score (nSPS) is 15.6. The van der Waals surface area contributed by atoms with Gasteiger partial charge >= 0.3 is 0 Å². The predicted molar refractivity (Wildman–Crippen MR) is 88.4 cm³/mol. The van der Waals surface area contributed by atoms with Crippen LogP contribution in [0.5, 0.6) is 0 Å².